The number of nitrogens with zero attached hydrogens (tertiary/aromatic N) is 1. The molecule has 38 heavy (non-hydrogen) atoms. The van der Waals surface area contributed by atoms with Crippen LogP contribution >= 0.6 is 0 Å². The highest BCUT2D eigenvalue weighted by atomic mass is 16.4. The van der Waals surface area contributed by atoms with Crippen molar-refractivity contribution in [3.63, 3.8) is 0 Å². The van der Waals surface area contributed by atoms with Gasteiger partial charge in [0.25, 0.3) is 0 Å². The van der Waals surface area contributed by atoms with Crippen LogP contribution in [0.4, 0.5) is 5.69 Å². The molecule has 2 amide bonds. The monoisotopic (exact) mass is 519 g/mol. The molecule has 0 aromatic heterocycles. The lowest BCUT2D eigenvalue weighted by Gasteiger charge is -2.68. The van der Waals surface area contributed by atoms with Gasteiger partial charge in [-0.1, -0.05) is 44.9 Å². The number of hydrogen-bond acceptors (Lipinski definition) is 4. The fourth-order valence-electron chi connectivity index (χ4n) is 9.99. The topological polar surface area (TPSA) is 112 Å². The zero-order chi connectivity index (χ0) is 27.4. The Morgan fingerprint density at radius 3 is 2.42 bits per heavy atom. The summed E-state index contributed by atoms with van der Waals surface area (Å²) in [4.78, 5) is 53.8. The molecule has 7 nitrogen and oxygen atoms in total. The Balaban J connectivity index is 1.48. The van der Waals surface area contributed by atoms with E-state index < -0.39 is 34.6 Å². The molecule has 1 aromatic rings. The van der Waals surface area contributed by atoms with Crippen molar-refractivity contribution in [3.05, 3.63) is 41.5 Å². The van der Waals surface area contributed by atoms with Gasteiger partial charge in [0, 0.05) is 5.41 Å². The summed E-state index contributed by atoms with van der Waals surface area (Å²) in [7, 11) is 0. The van der Waals surface area contributed by atoms with E-state index in [2.05, 4.69) is 26.8 Å². The highest BCUT2D eigenvalue weighted by Crippen LogP contribution is 2.74. The summed E-state index contributed by atoms with van der Waals surface area (Å²) >= 11 is 0. The number of carboxylic acids is 2. The molecule has 2 bridgehead atoms. The summed E-state index contributed by atoms with van der Waals surface area (Å²) < 4.78 is 0. The Hall–Kier alpha value is -2.96. The van der Waals surface area contributed by atoms with Gasteiger partial charge >= 0.3 is 11.9 Å². The number of imide groups is 1. The molecular formula is C31H37NO6. The molecule has 8 atom stereocenters. The van der Waals surface area contributed by atoms with Crippen molar-refractivity contribution in [2.45, 2.75) is 66.2 Å². The highest BCUT2D eigenvalue weighted by molar-refractivity contribution is 6.23. The number of amides is 2. The minimum atomic E-state index is -1.10. The second-order valence-corrected chi connectivity index (χ2v) is 13.4. The van der Waals surface area contributed by atoms with Gasteiger partial charge in [0.2, 0.25) is 11.8 Å². The van der Waals surface area contributed by atoms with Crippen LogP contribution in [0, 0.1) is 51.8 Å². The second-order valence-electron chi connectivity index (χ2n) is 13.4. The number of carboxylic acid groups (broad SMARTS) is 2. The van der Waals surface area contributed by atoms with Crippen LogP contribution < -0.4 is 4.90 Å². The first kappa shape index (κ1) is 25.3. The first-order valence-electron chi connectivity index (χ1n) is 14.0. The molecule has 1 aromatic carbocycles. The maximum atomic E-state index is 14.3. The normalized spacial score (nSPS) is 41.4. The highest BCUT2D eigenvalue weighted by Gasteiger charge is 2.73. The van der Waals surface area contributed by atoms with Crippen molar-refractivity contribution in [2.24, 2.45) is 51.8 Å². The summed E-state index contributed by atoms with van der Waals surface area (Å²) in [6.07, 6.45) is 7.05. The van der Waals surface area contributed by atoms with E-state index in [-0.39, 0.29) is 46.5 Å². The number of carbonyl (C=O) groups excluding carboxylic acids is 2. The van der Waals surface area contributed by atoms with Crippen molar-refractivity contribution in [3.8, 4) is 0 Å². The molecule has 3 saturated carbocycles. The zero-order valence-corrected chi connectivity index (χ0v) is 22.6. The maximum Gasteiger partial charge on any atom is 0.335 e. The van der Waals surface area contributed by atoms with E-state index in [0.717, 1.165) is 25.7 Å². The predicted molar refractivity (Wildman–Crippen MR) is 140 cm³/mol. The molecule has 0 unspecified atom stereocenters. The summed E-state index contributed by atoms with van der Waals surface area (Å²) in [5.41, 5.74) is 0.112. The summed E-state index contributed by atoms with van der Waals surface area (Å²) in [5.74, 6) is -2.89. The van der Waals surface area contributed by atoms with Crippen molar-refractivity contribution < 1.29 is 29.4 Å². The number of aromatic carboxylic acids is 1. The number of aliphatic carboxylic acids is 1. The third-order valence-corrected chi connectivity index (χ3v) is 11.5. The maximum absolute atomic E-state index is 14.3. The SMILES string of the molecule is CC(C)C1=C[C@@]23CC[C@@H]4[C@](C)(CCC[C@@]4(C)C(=O)O)[C@@H]2C[C@@H]1[C@H]1C(=O)N(c2cccc(C(=O)O)c2)C(=O)[C@@H]13. The molecule has 1 saturated heterocycles. The first-order valence-corrected chi connectivity index (χ1v) is 14.0. The Labute approximate surface area is 223 Å². The Kier molecular flexibility index (Phi) is 5.35. The van der Waals surface area contributed by atoms with E-state index in [4.69, 9.17) is 0 Å². The molecule has 202 valence electrons. The minimum Gasteiger partial charge on any atom is -0.481 e. The molecule has 1 aliphatic heterocycles. The van der Waals surface area contributed by atoms with Crippen LogP contribution in [0.2, 0.25) is 0 Å². The molecule has 7 rings (SSSR count). The van der Waals surface area contributed by atoms with E-state index >= 15 is 0 Å². The largest absolute Gasteiger partial charge is 0.481 e. The van der Waals surface area contributed by atoms with Crippen LogP contribution in [0.25, 0.3) is 0 Å². The Bertz CT molecular complexity index is 1300. The first-order chi connectivity index (χ1) is 17.9. The molecule has 4 fully saturated rings. The molecule has 0 radical (unpaired) electrons. The third kappa shape index (κ3) is 3.02. The van der Waals surface area contributed by atoms with Crippen molar-refractivity contribution in [2.75, 3.05) is 4.90 Å². The van der Waals surface area contributed by atoms with Crippen molar-refractivity contribution in [1.82, 2.24) is 0 Å². The number of carbonyl (C=O) groups is 4. The fourth-order valence-corrected chi connectivity index (χ4v) is 9.99. The van der Waals surface area contributed by atoms with E-state index in [1.54, 1.807) is 12.1 Å². The molecular weight excluding hydrogens is 482 g/mol. The van der Waals surface area contributed by atoms with Crippen molar-refractivity contribution in [1.29, 1.82) is 0 Å². The predicted octanol–water partition coefficient (Wildman–Crippen LogP) is 5.40. The van der Waals surface area contributed by atoms with E-state index in [9.17, 15) is 29.4 Å². The van der Waals surface area contributed by atoms with E-state index in [1.165, 1.54) is 22.6 Å². The van der Waals surface area contributed by atoms with Gasteiger partial charge < -0.3 is 10.2 Å². The Morgan fingerprint density at radius 2 is 1.76 bits per heavy atom. The van der Waals surface area contributed by atoms with E-state index in [0.29, 0.717) is 18.5 Å². The van der Waals surface area contributed by atoms with Crippen LogP contribution in [-0.2, 0) is 14.4 Å². The van der Waals surface area contributed by atoms with Gasteiger partial charge in [-0.3, -0.25) is 14.4 Å². The molecule has 2 N–H and O–H groups in total. The van der Waals surface area contributed by atoms with E-state index in [1.807, 2.05) is 6.92 Å². The number of allylic oxidation sites excluding steroid dienone is 2. The summed E-state index contributed by atoms with van der Waals surface area (Å²) in [5, 5.41) is 19.8. The van der Waals surface area contributed by atoms with Gasteiger partial charge in [-0.15, -0.1) is 0 Å². The fraction of sp³-hybridized carbons (Fsp3) is 0.613. The summed E-state index contributed by atoms with van der Waals surface area (Å²) in [6.45, 7) is 8.48. The van der Waals surface area contributed by atoms with Gasteiger partial charge in [-0.2, -0.15) is 0 Å². The smallest absolute Gasteiger partial charge is 0.335 e. The number of fused-ring (bicyclic) bond motifs is 1. The number of hydrogen-bond donors (Lipinski definition) is 2. The number of rotatable bonds is 4. The second kappa shape index (κ2) is 8.03. The number of anilines is 1. The van der Waals surface area contributed by atoms with Gasteiger partial charge in [-0.05, 0) is 86.3 Å². The van der Waals surface area contributed by atoms with Crippen LogP contribution in [0.5, 0.6) is 0 Å². The zero-order valence-electron chi connectivity index (χ0n) is 22.6. The van der Waals surface area contributed by atoms with Gasteiger partial charge in [0.05, 0.1) is 28.5 Å². The molecule has 6 aliphatic rings. The lowest BCUT2D eigenvalue weighted by Crippen LogP contribution is -2.65. The quantitative estimate of drug-likeness (QED) is 0.407. The average Bonchev–Trinajstić information content (AvgIpc) is 3.15. The van der Waals surface area contributed by atoms with Gasteiger partial charge in [0.15, 0.2) is 0 Å². The summed E-state index contributed by atoms with van der Waals surface area (Å²) in [6, 6.07) is 6.10. The van der Waals surface area contributed by atoms with Crippen LogP contribution in [-0.4, -0.2) is 34.0 Å². The van der Waals surface area contributed by atoms with Gasteiger partial charge in [0.1, 0.15) is 0 Å². The standard InChI is InChI=1S/C31H37NO6/c1-16(2)20-15-31-12-9-21-29(3,10-6-11-30(21,4)28(37)38)22(31)14-19(20)23-24(31)26(34)32(25(23)33)18-8-5-7-17(13-18)27(35)36/h5,7-8,13,15-16,19,21-24H,6,9-12,14H2,1-4H3,(H,35,36)(H,37,38)/t19-,21+,22-,23+,24+,29-,30+,31-/m0/s1. The molecule has 1 spiro atoms. The third-order valence-electron chi connectivity index (χ3n) is 11.5. The lowest BCUT2D eigenvalue weighted by molar-refractivity contribution is -0.194. The van der Waals surface area contributed by atoms with Gasteiger partial charge in [-0.25, -0.2) is 9.69 Å². The number of benzene rings is 1. The van der Waals surface area contributed by atoms with Crippen LogP contribution in [0.15, 0.2) is 35.9 Å². The lowest BCUT2D eigenvalue weighted by atomic mass is 9.34. The molecule has 1 heterocycles. The van der Waals surface area contributed by atoms with Crippen LogP contribution in [0.1, 0.15) is 76.6 Å². The molecule has 5 aliphatic carbocycles. The Morgan fingerprint density at radius 1 is 1.03 bits per heavy atom. The average molecular weight is 520 g/mol. The molecule has 7 heteroatoms. The van der Waals surface area contributed by atoms with Crippen LogP contribution in [0.3, 0.4) is 0 Å². The minimum absolute atomic E-state index is 0.0288. The van der Waals surface area contributed by atoms with Crippen molar-refractivity contribution >= 4 is 29.4 Å².